The summed E-state index contributed by atoms with van der Waals surface area (Å²) >= 11 is 0. The van der Waals surface area contributed by atoms with Crippen LogP contribution in [-0.2, 0) is 13.2 Å². The van der Waals surface area contributed by atoms with E-state index in [4.69, 9.17) is 9.47 Å². The van der Waals surface area contributed by atoms with Gasteiger partial charge < -0.3 is 19.7 Å². The molecule has 0 fully saturated rings. The van der Waals surface area contributed by atoms with Crippen LogP contribution in [0.3, 0.4) is 0 Å². The molecule has 0 aliphatic carbocycles. The summed E-state index contributed by atoms with van der Waals surface area (Å²) in [6.45, 7) is 1.95. The standard InChI is InChI=1S/C20H18O4/c1-12-2-4-13(5-3-12)18-16(10-22)15(9-21)8-14-6-7-17-20(19(14)18)24-11-23-17/h2-8,21-22H,9-11H2,1H3. The molecule has 4 nitrogen and oxygen atoms in total. The van der Waals surface area contributed by atoms with E-state index in [0.717, 1.165) is 38.6 Å². The van der Waals surface area contributed by atoms with Gasteiger partial charge in [0.05, 0.1) is 13.2 Å². The molecule has 3 aromatic carbocycles. The fraction of sp³-hybridized carbons (Fsp3) is 0.200. The van der Waals surface area contributed by atoms with Crippen molar-refractivity contribution in [1.82, 2.24) is 0 Å². The molecule has 122 valence electrons. The number of benzene rings is 3. The first-order chi connectivity index (χ1) is 11.7. The fourth-order valence-corrected chi connectivity index (χ4v) is 3.31. The van der Waals surface area contributed by atoms with Gasteiger partial charge in [0.1, 0.15) is 0 Å². The van der Waals surface area contributed by atoms with E-state index in [1.165, 1.54) is 0 Å². The molecule has 0 amide bonds. The van der Waals surface area contributed by atoms with Crippen LogP contribution in [0.2, 0.25) is 0 Å². The molecule has 0 spiro atoms. The molecule has 3 aromatic rings. The van der Waals surface area contributed by atoms with Crippen molar-refractivity contribution in [2.45, 2.75) is 20.1 Å². The second-order valence-electron chi connectivity index (χ2n) is 5.97. The predicted molar refractivity (Wildman–Crippen MR) is 92.1 cm³/mol. The summed E-state index contributed by atoms with van der Waals surface area (Å²) in [5.41, 5.74) is 4.48. The number of ether oxygens (including phenoxy) is 2. The first kappa shape index (κ1) is 15.0. The lowest BCUT2D eigenvalue weighted by Crippen LogP contribution is -2.00. The van der Waals surface area contributed by atoms with Crippen molar-refractivity contribution in [2.75, 3.05) is 6.79 Å². The molecule has 4 rings (SSSR count). The highest BCUT2D eigenvalue weighted by Gasteiger charge is 2.23. The Kier molecular flexibility index (Phi) is 3.63. The molecule has 0 atom stereocenters. The van der Waals surface area contributed by atoms with Crippen LogP contribution in [0.15, 0.2) is 42.5 Å². The van der Waals surface area contributed by atoms with Crippen molar-refractivity contribution >= 4 is 10.8 Å². The lowest BCUT2D eigenvalue weighted by Gasteiger charge is -2.17. The average Bonchev–Trinajstić information content (AvgIpc) is 3.09. The fourth-order valence-electron chi connectivity index (χ4n) is 3.31. The maximum atomic E-state index is 9.97. The van der Waals surface area contributed by atoms with Crippen molar-refractivity contribution in [3.8, 4) is 22.6 Å². The van der Waals surface area contributed by atoms with Crippen LogP contribution in [0.4, 0.5) is 0 Å². The summed E-state index contributed by atoms with van der Waals surface area (Å²) < 4.78 is 11.2. The second-order valence-corrected chi connectivity index (χ2v) is 5.97. The smallest absolute Gasteiger partial charge is 0.231 e. The van der Waals surface area contributed by atoms with Gasteiger partial charge in [-0.3, -0.25) is 0 Å². The van der Waals surface area contributed by atoms with Crippen molar-refractivity contribution in [2.24, 2.45) is 0 Å². The summed E-state index contributed by atoms with van der Waals surface area (Å²) in [5.74, 6) is 1.40. The number of rotatable bonds is 3. The van der Waals surface area contributed by atoms with Crippen LogP contribution in [0, 0.1) is 6.92 Å². The normalized spacial score (nSPS) is 12.8. The van der Waals surface area contributed by atoms with E-state index in [9.17, 15) is 10.2 Å². The number of hydrogen-bond donors (Lipinski definition) is 2. The van der Waals surface area contributed by atoms with Gasteiger partial charge in [0, 0.05) is 5.39 Å². The summed E-state index contributed by atoms with van der Waals surface area (Å²) in [7, 11) is 0. The van der Waals surface area contributed by atoms with Crippen LogP contribution < -0.4 is 9.47 Å². The van der Waals surface area contributed by atoms with Gasteiger partial charge in [0.15, 0.2) is 11.5 Å². The average molecular weight is 322 g/mol. The Labute approximate surface area is 139 Å². The van der Waals surface area contributed by atoms with E-state index < -0.39 is 0 Å². The first-order valence-electron chi connectivity index (χ1n) is 7.88. The second kappa shape index (κ2) is 5.82. The third-order valence-electron chi connectivity index (χ3n) is 4.51. The number of aliphatic hydroxyl groups excluding tert-OH is 2. The minimum atomic E-state index is -0.153. The van der Waals surface area contributed by atoms with Gasteiger partial charge in [-0.25, -0.2) is 0 Å². The lowest BCUT2D eigenvalue weighted by molar-refractivity contribution is 0.175. The number of aryl methyl sites for hydroxylation is 1. The molecular weight excluding hydrogens is 304 g/mol. The number of fused-ring (bicyclic) bond motifs is 3. The highest BCUT2D eigenvalue weighted by molar-refractivity contribution is 6.04. The van der Waals surface area contributed by atoms with Gasteiger partial charge in [-0.1, -0.05) is 35.9 Å². The quantitative estimate of drug-likeness (QED) is 0.774. The Hall–Kier alpha value is -2.56. The molecule has 1 aliphatic rings. The SMILES string of the molecule is Cc1ccc(-c2c(CO)c(CO)cc3ccc4c(c23)OCO4)cc1. The summed E-state index contributed by atoms with van der Waals surface area (Å²) in [6.07, 6.45) is 0. The largest absolute Gasteiger partial charge is 0.454 e. The van der Waals surface area contributed by atoms with Crippen molar-refractivity contribution in [1.29, 1.82) is 0 Å². The third-order valence-corrected chi connectivity index (χ3v) is 4.51. The molecule has 1 heterocycles. The highest BCUT2D eigenvalue weighted by atomic mass is 16.7. The maximum absolute atomic E-state index is 9.97. The minimum Gasteiger partial charge on any atom is -0.454 e. The molecule has 0 saturated heterocycles. The monoisotopic (exact) mass is 322 g/mol. The molecule has 0 aromatic heterocycles. The first-order valence-corrected chi connectivity index (χ1v) is 7.88. The van der Waals surface area contributed by atoms with Crippen LogP contribution in [0.25, 0.3) is 21.9 Å². The molecule has 0 saturated carbocycles. The Bertz CT molecular complexity index is 913. The zero-order valence-corrected chi connectivity index (χ0v) is 13.4. The molecule has 0 radical (unpaired) electrons. The van der Waals surface area contributed by atoms with Crippen LogP contribution in [0.1, 0.15) is 16.7 Å². The number of hydrogen-bond acceptors (Lipinski definition) is 4. The van der Waals surface area contributed by atoms with E-state index in [0.29, 0.717) is 11.5 Å². The zero-order chi connectivity index (χ0) is 16.7. The predicted octanol–water partition coefficient (Wildman–Crippen LogP) is 3.53. The van der Waals surface area contributed by atoms with Crippen molar-refractivity contribution < 1.29 is 19.7 Å². The van der Waals surface area contributed by atoms with E-state index in [2.05, 4.69) is 0 Å². The Morgan fingerprint density at radius 3 is 2.46 bits per heavy atom. The zero-order valence-electron chi connectivity index (χ0n) is 13.4. The Morgan fingerprint density at radius 1 is 0.958 bits per heavy atom. The Morgan fingerprint density at radius 2 is 1.75 bits per heavy atom. The Balaban J connectivity index is 2.14. The number of aliphatic hydroxyl groups is 2. The van der Waals surface area contributed by atoms with Crippen molar-refractivity contribution in [3.63, 3.8) is 0 Å². The van der Waals surface area contributed by atoms with Gasteiger partial charge in [0.2, 0.25) is 6.79 Å². The highest BCUT2D eigenvalue weighted by Crippen LogP contribution is 2.46. The summed E-state index contributed by atoms with van der Waals surface area (Å²) in [6, 6.07) is 13.9. The van der Waals surface area contributed by atoms with Gasteiger partial charge in [0.25, 0.3) is 0 Å². The van der Waals surface area contributed by atoms with Gasteiger partial charge in [-0.15, -0.1) is 0 Å². The van der Waals surface area contributed by atoms with E-state index in [-0.39, 0.29) is 20.0 Å². The minimum absolute atomic E-state index is 0.126. The maximum Gasteiger partial charge on any atom is 0.231 e. The molecular formula is C20H18O4. The summed E-state index contributed by atoms with van der Waals surface area (Å²) in [5, 5.41) is 21.6. The van der Waals surface area contributed by atoms with Gasteiger partial charge in [-0.2, -0.15) is 0 Å². The van der Waals surface area contributed by atoms with E-state index in [1.807, 2.05) is 49.4 Å². The third kappa shape index (κ3) is 2.23. The van der Waals surface area contributed by atoms with E-state index >= 15 is 0 Å². The summed E-state index contributed by atoms with van der Waals surface area (Å²) in [4.78, 5) is 0. The molecule has 4 heteroatoms. The molecule has 1 aliphatic heterocycles. The van der Waals surface area contributed by atoms with Gasteiger partial charge >= 0.3 is 0 Å². The molecule has 0 unspecified atom stereocenters. The van der Waals surface area contributed by atoms with Crippen LogP contribution >= 0.6 is 0 Å². The van der Waals surface area contributed by atoms with Crippen LogP contribution in [-0.4, -0.2) is 17.0 Å². The van der Waals surface area contributed by atoms with Crippen LogP contribution in [0.5, 0.6) is 11.5 Å². The topological polar surface area (TPSA) is 58.9 Å². The van der Waals surface area contributed by atoms with E-state index in [1.54, 1.807) is 0 Å². The van der Waals surface area contributed by atoms with Gasteiger partial charge in [-0.05, 0) is 46.7 Å². The van der Waals surface area contributed by atoms with Crippen molar-refractivity contribution in [3.05, 3.63) is 59.2 Å². The molecule has 24 heavy (non-hydrogen) atoms. The lowest BCUT2D eigenvalue weighted by atomic mass is 9.89. The molecule has 0 bridgehead atoms. The molecule has 2 N–H and O–H groups in total.